The number of aliphatic hydroxyl groups excluding tert-OH is 1. The maximum Gasteiger partial charge on any atom is 0.405 e. The Bertz CT molecular complexity index is 1100. The molecule has 2 rings (SSSR count). The van der Waals surface area contributed by atoms with Crippen LogP contribution in [0.3, 0.4) is 0 Å². The van der Waals surface area contributed by atoms with E-state index in [-0.39, 0.29) is 41.4 Å². The van der Waals surface area contributed by atoms with E-state index in [1.54, 1.807) is 39.4 Å². The molecule has 1 aliphatic carbocycles. The molecule has 1 unspecified atom stereocenters. The van der Waals surface area contributed by atoms with Crippen molar-refractivity contribution in [3.63, 3.8) is 0 Å². The molecule has 0 aromatic carbocycles. The first-order valence-corrected chi connectivity index (χ1v) is 13.4. The lowest BCUT2D eigenvalue weighted by Gasteiger charge is -2.32. The monoisotopic (exact) mass is 560 g/mol. The third-order valence-electron chi connectivity index (χ3n) is 7.37. The highest BCUT2D eigenvalue weighted by atomic mass is 16.6. The van der Waals surface area contributed by atoms with Gasteiger partial charge in [0, 0.05) is 43.3 Å². The van der Waals surface area contributed by atoms with Crippen LogP contribution in [0.2, 0.25) is 0 Å². The van der Waals surface area contributed by atoms with Gasteiger partial charge in [-0.3, -0.25) is 9.59 Å². The van der Waals surface area contributed by atoms with Crippen LogP contribution in [0.25, 0.3) is 0 Å². The summed E-state index contributed by atoms with van der Waals surface area (Å²) in [5.41, 5.74) is 7.00. The standard InChI is InChI=1S/C30H44N2O8/c1-16-12-21-25(34)22(15-23(33)28(21)39-8)32-29(35)18(3)11-9-10-17(2)26(40-30(31)36)19(4)14-20(5)27(38-7)24(13-16)37-6/h9-11,14-17,20,24-27,34H,12-13H2,1-8H3,(H2,31,36)(H,32,35)/b10-9-,18-11+,19-14+/t16-,17+,20+,24+,25?,26-,27-/m1/s1. The number of methoxy groups -OCH3 is 3. The number of hydrogen-bond donors (Lipinski definition) is 3. The Morgan fingerprint density at radius 2 is 1.75 bits per heavy atom. The summed E-state index contributed by atoms with van der Waals surface area (Å²) in [5.74, 6) is -1.30. The van der Waals surface area contributed by atoms with Gasteiger partial charge in [-0.15, -0.1) is 0 Å². The first-order chi connectivity index (χ1) is 18.8. The lowest BCUT2D eigenvalue weighted by atomic mass is 9.84. The topological polar surface area (TPSA) is 146 Å². The summed E-state index contributed by atoms with van der Waals surface area (Å²) in [6.07, 6.45) is 5.70. The van der Waals surface area contributed by atoms with Crippen LogP contribution in [0.4, 0.5) is 4.79 Å². The van der Waals surface area contributed by atoms with Crippen molar-refractivity contribution in [2.24, 2.45) is 23.5 Å². The molecule has 2 aliphatic rings. The number of carbonyl (C=O) groups is 3. The number of primary amides is 1. The van der Waals surface area contributed by atoms with Gasteiger partial charge >= 0.3 is 6.09 Å². The van der Waals surface area contributed by atoms with Crippen molar-refractivity contribution in [3.8, 4) is 0 Å². The molecule has 40 heavy (non-hydrogen) atoms. The first-order valence-electron chi connectivity index (χ1n) is 13.4. The molecule has 0 spiro atoms. The van der Waals surface area contributed by atoms with Crippen LogP contribution in [0.5, 0.6) is 0 Å². The van der Waals surface area contributed by atoms with E-state index < -0.39 is 30.0 Å². The van der Waals surface area contributed by atoms with Crippen molar-refractivity contribution in [2.75, 3.05) is 21.3 Å². The minimum absolute atomic E-state index is 0.0589. The molecule has 10 nitrogen and oxygen atoms in total. The average Bonchev–Trinajstić information content (AvgIpc) is 2.88. The number of rotatable bonds is 4. The highest BCUT2D eigenvalue weighted by Crippen LogP contribution is 2.32. The van der Waals surface area contributed by atoms with Gasteiger partial charge in [0.1, 0.15) is 12.2 Å². The SMILES string of the molecule is COC1=C2C[C@@H](C)C[C@H](OC)[C@H](OC)[C@@H](C)/C=C(\C)[C@H](OC(N)=O)[C@@H](C)/C=C\C=C(/C)C(=O)NC(=CC1=O)C2O. The largest absolute Gasteiger partial charge is 0.493 e. The van der Waals surface area contributed by atoms with Gasteiger partial charge in [-0.25, -0.2) is 4.79 Å². The maximum atomic E-state index is 12.9. The summed E-state index contributed by atoms with van der Waals surface area (Å²) >= 11 is 0. The van der Waals surface area contributed by atoms with Crippen LogP contribution in [0.15, 0.2) is 58.6 Å². The highest BCUT2D eigenvalue weighted by molar-refractivity contribution is 6.06. The van der Waals surface area contributed by atoms with E-state index in [4.69, 9.17) is 24.7 Å². The van der Waals surface area contributed by atoms with Crippen molar-refractivity contribution >= 4 is 17.8 Å². The molecule has 0 saturated heterocycles. The third kappa shape index (κ3) is 8.39. The van der Waals surface area contributed by atoms with Gasteiger partial charge in [-0.05, 0) is 38.2 Å². The van der Waals surface area contributed by atoms with Crippen LogP contribution >= 0.6 is 0 Å². The van der Waals surface area contributed by atoms with Crippen LogP contribution in [0.1, 0.15) is 47.5 Å². The summed E-state index contributed by atoms with van der Waals surface area (Å²) < 4.78 is 22.5. The highest BCUT2D eigenvalue weighted by Gasteiger charge is 2.34. The molecule has 222 valence electrons. The lowest BCUT2D eigenvalue weighted by Crippen LogP contribution is -2.38. The Morgan fingerprint density at radius 1 is 1.07 bits per heavy atom. The minimum Gasteiger partial charge on any atom is -0.493 e. The second-order valence-corrected chi connectivity index (χ2v) is 10.6. The van der Waals surface area contributed by atoms with Gasteiger partial charge in [0.2, 0.25) is 5.78 Å². The van der Waals surface area contributed by atoms with Crippen LogP contribution in [0, 0.1) is 17.8 Å². The van der Waals surface area contributed by atoms with Gasteiger partial charge in [0.05, 0.1) is 25.0 Å². The number of amides is 2. The number of allylic oxidation sites excluding steroid dienone is 3. The van der Waals surface area contributed by atoms with E-state index in [0.717, 1.165) is 5.57 Å². The minimum atomic E-state index is -1.22. The van der Waals surface area contributed by atoms with Gasteiger partial charge in [0.25, 0.3) is 5.91 Å². The fraction of sp³-hybridized carbons (Fsp3) is 0.567. The zero-order valence-corrected chi connectivity index (χ0v) is 24.7. The van der Waals surface area contributed by atoms with Gasteiger partial charge in [-0.1, -0.05) is 45.1 Å². The molecular weight excluding hydrogens is 516 g/mol. The predicted molar refractivity (Wildman–Crippen MR) is 151 cm³/mol. The normalized spacial score (nSPS) is 34.5. The molecule has 1 heterocycles. The number of ketones is 1. The van der Waals surface area contributed by atoms with Crippen LogP contribution < -0.4 is 11.1 Å². The Balaban J connectivity index is 2.59. The Labute approximate surface area is 236 Å². The molecule has 0 aromatic heterocycles. The number of hydrogen-bond acceptors (Lipinski definition) is 8. The fourth-order valence-corrected chi connectivity index (χ4v) is 5.35. The second kappa shape index (κ2) is 15.0. The van der Waals surface area contributed by atoms with Gasteiger partial charge in [-0.2, -0.15) is 0 Å². The summed E-state index contributed by atoms with van der Waals surface area (Å²) in [7, 11) is 4.61. The van der Waals surface area contributed by atoms with E-state index in [2.05, 4.69) is 5.32 Å². The molecule has 2 bridgehead atoms. The zero-order chi connectivity index (χ0) is 30.1. The zero-order valence-electron chi connectivity index (χ0n) is 24.7. The Morgan fingerprint density at radius 3 is 2.33 bits per heavy atom. The van der Waals surface area contributed by atoms with Crippen molar-refractivity contribution < 1.29 is 38.4 Å². The maximum absolute atomic E-state index is 12.9. The molecule has 10 heteroatoms. The fourth-order valence-electron chi connectivity index (χ4n) is 5.35. The summed E-state index contributed by atoms with van der Waals surface area (Å²) in [6.45, 7) is 9.34. The average molecular weight is 561 g/mol. The Hall–Kier alpha value is -3.21. The number of nitrogens with two attached hydrogens (primary N) is 1. The first kappa shape index (κ1) is 33.0. The lowest BCUT2D eigenvalue weighted by molar-refractivity contribution is -0.117. The number of nitrogens with one attached hydrogen (secondary N) is 1. The van der Waals surface area contributed by atoms with Crippen molar-refractivity contribution in [3.05, 3.63) is 58.6 Å². The predicted octanol–water partition coefficient (Wildman–Crippen LogP) is 3.48. The van der Waals surface area contributed by atoms with E-state index in [0.29, 0.717) is 24.0 Å². The van der Waals surface area contributed by atoms with Crippen LogP contribution in [-0.2, 0) is 28.5 Å². The van der Waals surface area contributed by atoms with Gasteiger partial charge < -0.3 is 35.1 Å². The van der Waals surface area contributed by atoms with Crippen LogP contribution in [-0.4, -0.2) is 68.6 Å². The second-order valence-electron chi connectivity index (χ2n) is 10.6. The third-order valence-corrected chi connectivity index (χ3v) is 7.37. The molecular formula is C30H44N2O8. The van der Waals surface area contributed by atoms with Gasteiger partial charge in [0.15, 0.2) is 5.76 Å². The van der Waals surface area contributed by atoms with E-state index >= 15 is 0 Å². The summed E-state index contributed by atoms with van der Waals surface area (Å²) in [6, 6.07) is 0. The smallest absolute Gasteiger partial charge is 0.405 e. The Kier molecular flexibility index (Phi) is 12.4. The number of ether oxygens (including phenoxy) is 4. The van der Waals surface area contributed by atoms with E-state index in [9.17, 15) is 19.5 Å². The molecule has 2 amide bonds. The molecule has 0 saturated carbocycles. The number of aliphatic hydroxyl groups is 1. The van der Waals surface area contributed by atoms with Crippen molar-refractivity contribution in [2.45, 2.75) is 71.9 Å². The number of fused-ring (bicyclic) bond motifs is 2. The number of carbonyl (C=O) groups excluding carboxylic acids is 3. The summed E-state index contributed by atoms with van der Waals surface area (Å²) in [5, 5.41) is 13.8. The quantitative estimate of drug-likeness (QED) is 0.443. The molecule has 7 atom stereocenters. The van der Waals surface area contributed by atoms with E-state index in [1.165, 1.54) is 13.2 Å². The molecule has 0 radical (unpaired) electrons. The molecule has 0 aromatic rings. The molecule has 1 aliphatic heterocycles. The molecule has 0 fully saturated rings. The molecule has 4 N–H and O–H groups in total. The van der Waals surface area contributed by atoms with Crippen molar-refractivity contribution in [1.29, 1.82) is 0 Å². The van der Waals surface area contributed by atoms with E-state index in [1.807, 2.05) is 33.8 Å². The van der Waals surface area contributed by atoms with Crippen molar-refractivity contribution in [1.82, 2.24) is 5.32 Å². The summed E-state index contributed by atoms with van der Waals surface area (Å²) in [4.78, 5) is 37.5.